The number of carbonyl (C=O) groups is 1. The summed E-state index contributed by atoms with van der Waals surface area (Å²) < 4.78 is 31.2. The summed E-state index contributed by atoms with van der Waals surface area (Å²) in [6.07, 6.45) is 7.28. The van der Waals surface area contributed by atoms with Gasteiger partial charge in [-0.2, -0.15) is 4.31 Å². The van der Waals surface area contributed by atoms with Crippen molar-refractivity contribution in [2.24, 2.45) is 17.3 Å². The van der Waals surface area contributed by atoms with Crippen molar-refractivity contribution >= 4 is 15.9 Å². The van der Waals surface area contributed by atoms with Gasteiger partial charge in [-0.25, -0.2) is 8.42 Å². The fourth-order valence-corrected chi connectivity index (χ4v) is 5.42. The standard InChI is InChI=1S/C18H32N2O4S/c1-15-3-5-16(6-4-15)17(21)19-9-7-18(8-10-19)13-20(25(2,22)23)11-12-24-14-18/h15-16H,3-14H2,1-2H3. The van der Waals surface area contributed by atoms with Crippen molar-refractivity contribution < 1.29 is 17.9 Å². The van der Waals surface area contributed by atoms with Gasteiger partial charge in [0.25, 0.3) is 0 Å². The SMILES string of the molecule is CC1CCC(C(=O)N2CCC3(CC2)COCCN(S(C)(=O)=O)C3)CC1. The first-order valence-electron chi connectivity index (χ1n) is 9.61. The van der Waals surface area contributed by atoms with Crippen LogP contribution in [0, 0.1) is 17.3 Å². The predicted octanol–water partition coefficient (Wildman–Crippen LogP) is 1.71. The first kappa shape index (κ1) is 19.1. The Bertz CT molecular complexity index is 576. The number of ether oxygens (including phenoxy) is 1. The maximum absolute atomic E-state index is 12.8. The van der Waals surface area contributed by atoms with Crippen LogP contribution in [0.1, 0.15) is 45.4 Å². The number of carbonyl (C=O) groups excluding carboxylic acids is 1. The lowest BCUT2D eigenvalue weighted by atomic mass is 9.77. The highest BCUT2D eigenvalue weighted by atomic mass is 32.2. The van der Waals surface area contributed by atoms with E-state index in [-0.39, 0.29) is 11.3 Å². The molecule has 6 nitrogen and oxygen atoms in total. The average Bonchev–Trinajstić information content (AvgIpc) is 2.78. The van der Waals surface area contributed by atoms with Crippen molar-refractivity contribution in [1.29, 1.82) is 0 Å². The van der Waals surface area contributed by atoms with E-state index in [1.165, 1.54) is 6.26 Å². The number of piperidine rings is 1. The zero-order chi connectivity index (χ0) is 18.1. The highest BCUT2D eigenvalue weighted by Gasteiger charge is 2.41. The number of amides is 1. The minimum absolute atomic E-state index is 0.141. The summed E-state index contributed by atoms with van der Waals surface area (Å²) >= 11 is 0. The van der Waals surface area contributed by atoms with Gasteiger partial charge in [0.1, 0.15) is 0 Å². The van der Waals surface area contributed by atoms with Gasteiger partial charge in [-0.05, 0) is 44.4 Å². The minimum atomic E-state index is -3.20. The summed E-state index contributed by atoms with van der Waals surface area (Å²) in [5.41, 5.74) is -0.141. The quantitative estimate of drug-likeness (QED) is 0.740. The summed E-state index contributed by atoms with van der Waals surface area (Å²) in [6, 6.07) is 0. The molecule has 0 aromatic rings. The fourth-order valence-electron chi connectivity index (χ4n) is 4.51. The van der Waals surface area contributed by atoms with Crippen molar-refractivity contribution in [3.05, 3.63) is 0 Å². The van der Waals surface area contributed by atoms with Crippen LogP contribution in [0.25, 0.3) is 0 Å². The summed E-state index contributed by atoms with van der Waals surface area (Å²) in [4.78, 5) is 14.8. The van der Waals surface area contributed by atoms with Crippen LogP contribution >= 0.6 is 0 Å². The van der Waals surface area contributed by atoms with Crippen molar-refractivity contribution in [1.82, 2.24) is 9.21 Å². The lowest BCUT2D eigenvalue weighted by Gasteiger charge is -2.43. The molecular weight excluding hydrogens is 340 g/mol. The Morgan fingerprint density at radius 1 is 1.08 bits per heavy atom. The largest absolute Gasteiger partial charge is 0.379 e. The highest BCUT2D eigenvalue weighted by molar-refractivity contribution is 7.88. The second-order valence-corrected chi connectivity index (χ2v) is 10.4. The normalized spacial score (nSPS) is 31.7. The van der Waals surface area contributed by atoms with Crippen LogP contribution in [0.15, 0.2) is 0 Å². The van der Waals surface area contributed by atoms with E-state index in [1.807, 2.05) is 4.90 Å². The maximum Gasteiger partial charge on any atom is 0.225 e. The summed E-state index contributed by atoms with van der Waals surface area (Å²) in [6.45, 7) is 5.74. The second-order valence-electron chi connectivity index (χ2n) is 8.43. The molecular formula is C18H32N2O4S. The van der Waals surface area contributed by atoms with E-state index in [9.17, 15) is 13.2 Å². The summed E-state index contributed by atoms with van der Waals surface area (Å²) in [7, 11) is -3.20. The average molecular weight is 373 g/mol. The van der Waals surface area contributed by atoms with Crippen LogP contribution in [0.2, 0.25) is 0 Å². The van der Waals surface area contributed by atoms with E-state index >= 15 is 0 Å². The number of rotatable bonds is 2. The maximum atomic E-state index is 12.8. The molecule has 2 heterocycles. The van der Waals surface area contributed by atoms with Crippen LogP contribution in [-0.2, 0) is 19.6 Å². The third-order valence-electron chi connectivity index (χ3n) is 6.37. The number of likely N-dealkylation sites (tertiary alicyclic amines) is 1. The Morgan fingerprint density at radius 3 is 2.32 bits per heavy atom. The van der Waals surface area contributed by atoms with Crippen LogP contribution < -0.4 is 0 Å². The molecule has 144 valence electrons. The number of hydrogen-bond donors (Lipinski definition) is 0. The number of sulfonamides is 1. The number of hydrogen-bond acceptors (Lipinski definition) is 4. The highest BCUT2D eigenvalue weighted by Crippen LogP contribution is 2.37. The van der Waals surface area contributed by atoms with E-state index in [0.717, 1.165) is 57.5 Å². The van der Waals surface area contributed by atoms with E-state index < -0.39 is 10.0 Å². The molecule has 25 heavy (non-hydrogen) atoms. The fraction of sp³-hybridized carbons (Fsp3) is 0.944. The van der Waals surface area contributed by atoms with Gasteiger partial charge in [-0.1, -0.05) is 6.92 Å². The first-order chi connectivity index (χ1) is 11.8. The van der Waals surface area contributed by atoms with E-state index in [1.54, 1.807) is 4.31 Å². The zero-order valence-electron chi connectivity index (χ0n) is 15.6. The predicted molar refractivity (Wildman–Crippen MR) is 96.6 cm³/mol. The van der Waals surface area contributed by atoms with Crippen molar-refractivity contribution in [3.8, 4) is 0 Å². The van der Waals surface area contributed by atoms with Gasteiger partial charge in [0.15, 0.2) is 0 Å². The van der Waals surface area contributed by atoms with Crippen LogP contribution in [0.5, 0.6) is 0 Å². The zero-order valence-corrected chi connectivity index (χ0v) is 16.4. The second kappa shape index (κ2) is 7.53. The molecule has 1 amide bonds. The molecule has 7 heteroatoms. The van der Waals surface area contributed by atoms with Gasteiger partial charge in [-0.3, -0.25) is 4.79 Å². The molecule has 0 atom stereocenters. The van der Waals surface area contributed by atoms with Gasteiger partial charge in [0, 0.05) is 37.5 Å². The lowest BCUT2D eigenvalue weighted by molar-refractivity contribution is -0.139. The first-order valence-corrected chi connectivity index (χ1v) is 11.5. The summed E-state index contributed by atoms with van der Waals surface area (Å²) in [5.74, 6) is 1.26. The molecule has 2 saturated heterocycles. The molecule has 1 saturated carbocycles. The van der Waals surface area contributed by atoms with E-state index in [2.05, 4.69) is 6.92 Å². The molecule has 0 unspecified atom stereocenters. The topological polar surface area (TPSA) is 66.9 Å². The Morgan fingerprint density at radius 2 is 1.72 bits per heavy atom. The van der Waals surface area contributed by atoms with Gasteiger partial charge in [0.2, 0.25) is 15.9 Å². The minimum Gasteiger partial charge on any atom is -0.379 e. The van der Waals surface area contributed by atoms with Crippen molar-refractivity contribution in [2.75, 3.05) is 45.6 Å². The Kier molecular flexibility index (Phi) is 5.75. The Balaban J connectivity index is 1.59. The van der Waals surface area contributed by atoms with Crippen molar-refractivity contribution in [3.63, 3.8) is 0 Å². The third-order valence-corrected chi connectivity index (χ3v) is 7.62. The van der Waals surface area contributed by atoms with Crippen LogP contribution in [0.3, 0.4) is 0 Å². The molecule has 0 radical (unpaired) electrons. The Labute approximate surface area is 151 Å². The van der Waals surface area contributed by atoms with Crippen LogP contribution in [-0.4, -0.2) is 69.2 Å². The molecule has 1 aliphatic carbocycles. The molecule has 0 aromatic heterocycles. The molecule has 3 aliphatic rings. The van der Waals surface area contributed by atoms with Gasteiger partial charge in [-0.15, -0.1) is 0 Å². The van der Waals surface area contributed by atoms with Crippen molar-refractivity contribution in [2.45, 2.75) is 45.4 Å². The molecule has 1 spiro atoms. The van der Waals surface area contributed by atoms with E-state index in [4.69, 9.17) is 4.74 Å². The third kappa shape index (κ3) is 4.55. The molecule has 0 N–H and O–H groups in total. The Hall–Kier alpha value is -0.660. The monoisotopic (exact) mass is 372 g/mol. The molecule has 3 fully saturated rings. The summed E-state index contributed by atoms with van der Waals surface area (Å²) in [5, 5.41) is 0. The molecule has 2 aliphatic heterocycles. The molecule has 3 rings (SSSR count). The lowest BCUT2D eigenvalue weighted by Crippen LogP contribution is -2.50. The van der Waals surface area contributed by atoms with E-state index in [0.29, 0.717) is 32.2 Å². The molecule has 0 aromatic carbocycles. The molecule has 0 bridgehead atoms. The number of nitrogens with zero attached hydrogens (tertiary/aromatic N) is 2. The van der Waals surface area contributed by atoms with Gasteiger partial charge >= 0.3 is 0 Å². The van der Waals surface area contributed by atoms with Crippen LogP contribution in [0.4, 0.5) is 0 Å². The van der Waals surface area contributed by atoms with Gasteiger partial charge in [0.05, 0.1) is 19.5 Å². The van der Waals surface area contributed by atoms with Gasteiger partial charge < -0.3 is 9.64 Å². The smallest absolute Gasteiger partial charge is 0.225 e.